The second kappa shape index (κ2) is 4.06. The summed E-state index contributed by atoms with van der Waals surface area (Å²) in [4.78, 5) is 12.1. The fraction of sp³-hybridized carbons (Fsp3) is 0.500. The first-order valence-corrected chi connectivity index (χ1v) is 5.80. The normalized spacial score (nSPS) is 17.5. The van der Waals surface area contributed by atoms with Gasteiger partial charge >= 0.3 is 0 Å². The van der Waals surface area contributed by atoms with Crippen molar-refractivity contribution in [2.45, 2.75) is 32.1 Å². The first-order valence-electron chi connectivity index (χ1n) is 5.80. The summed E-state index contributed by atoms with van der Waals surface area (Å²) in [6.07, 6.45) is 1.42. The Morgan fingerprint density at radius 2 is 1.71 bits per heavy atom. The van der Waals surface area contributed by atoms with Gasteiger partial charge in [0, 0.05) is 12.0 Å². The summed E-state index contributed by atoms with van der Waals surface area (Å²) in [6, 6.07) is 3.68. The highest BCUT2D eigenvalue weighted by Gasteiger charge is 2.36. The maximum Gasteiger partial charge on any atom is 0.167 e. The SMILES string of the molecule is COc1ccc(OC)c2c1C(=O)CCC2(C)C. The van der Waals surface area contributed by atoms with E-state index < -0.39 is 0 Å². The Morgan fingerprint density at radius 1 is 1.12 bits per heavy atom. The molecule has 0 radical (unpaired) electrons. The minimum absolute atomic E-state index is 0.0525. The number of carbonyl (C=O) groups is 1. The van der Waals surface area contributed by atoms with Crippen molar-refractivity contribution in [1.82, 2.24) is 0 Å². The summed E-state index contributed by atoms with van der Waals surface area (Å²) in [7, 11) is 3.23. The summed E-state index contributed by atoms with van der Waals surface area (Å²) in [6.45, 7) is 4.28. The van der Waals surface area contributed by atoms with Gasteiger partial charge in [0.05, 0.1) is 19.8 Å². The van der Waals surface area contributed by atoms with Gasteiger partial charge in [0.1, 0.15) is 11.5 Å². The summed E-state index contributed by atoms with van der Waals surface area (Å²) >= 11 is 0. The van der Waals surface area contributed by atoms with E-state index in [4.69, 9.17) is 9.47 Å². The fourth-order valence-corrected chi connectivity index (χ4v) is 2.53. The number of hydrogen-bond acceptors (Lipinski definition) is 3. The first-order chi connectivity index (χ1) is 8.01. The summed E-state index contributed by atoms with van der Waals surface area (Å²) in [5.74, 6) is 1.58. The molecule has 17 heavy (non-hydrogen) atoms. The zero-order valence-corrected chi connectivity index (χ0v) is 10.8. The Morgan fingerprint density at radius 3 is 2.29 bits per heavy atom. The number of benzene rings is 1. The Balaban J connectivity index is 2.75. The van der Waals surface area contributed by atoms with E-state index in [0.717, 1.165) is 17.7 Å². The molecule has 2 rings (SSSR count). The van der Waals surface area contributed by atoms with Crippen LogP contribution in [0.4, 0.5) is 0 Å². The molecule has 0 N–H and O–H groups in total. The Labute approximate surface area is 102 Å². The molecule has 3 nitrogen and oxygen atoms in total. The Bertz CT molecular complexity index is 461. The smallest absolute Gasteiger partial charge is 0.167 e. The zero-order valence-electron chi connectivity index (χ0n) is 10.8. The standard InChI is InChI=1S/C14H18O3/c1-14(2)8-7-9(15)12-10(16-3)5-6-11(17-4)13(12)14/h5-6H,7-8H2,1-4H3. The van der Waals surface area contributed by atoms with Gasteiger partial charge in [0.25, 0.3) is 0 Å². The van der Waals surface area contributed by atoms with E-state index in [2.05, 4.69) is 13.8 Å². The van der Waals surface area contributed by atoms with E-state index in [9.17, 15) is 4.79 Å². The van der Waals surface area contributed by atoms with Crippen LogP contribution in [0.2, 0.25) is 0 Å². The predicted octanol–water partition coefficient (Wildman–Crippen LogP) is 2.96. The molecule has 0 aromatic heterocycles. The van der Waals surface area contributed by atoms with Crippen LogP contribution in [0.1, 0.15) is 42.6 Å². The third kappa shape index (κ3) is 1.79. The molecule has 0 aliphatic heterocycles. The van der Waals surface area contributed by atoms with Crippen molar-refractivity contribution < 1.29 is 14.3 Å². The molecule has 1 aromatic carbocycles. The van der Waals surface area contributed by atoms with Crippen molar-refractivity contribution in [3.05, 3.63) is 23.3 Å². The van der Waals surface area contributed by atoms with Crippen LogP contribution in [0, 0.1) is 0 Å². The van der Waals surface area contributed by atoms with Gasteiger partial charge in [-0.2, -0.15) is 0 Å². The van der Waals surface area contributed by atoms with Gasteiger partial charge in [0.2, 0.25) is 0 Å². The Hall–Kier alpha value is -1.51. The molecule has 0 amide bonds. The molecule has 0 spiro atoms. The molecule has 0 heterocycles. The first kappa shape index (κ1) is 12.0. The highest BCUT2D eigenvalue weighted by Crippen LogP contribution is 2.45. The van der Waals surface area contributed by atoms with Gasteiger partial charge in [-0.15, -0.1) is 0 Å². The lowest BCUT2D eigenvalue weighted by Crippen LogP contribution is -2.28. The molecule has 0 saturated carbocycles. The third-order valence-electron chi connectivity index (χ3n) is 3.50. The molecule has 0 bridgehead atoms. The number of Topliss-reactive ketones (excluding diaryl/α,β-unsaturated/α-hetero) is 1. The zero-order chi connectivity index (χ0) is 12.6. The molecule has 0 unspecified atom stereocenters. The quantitative estimate of drug-likeness (QED) is 0.789. The highest BCUT2D eigenvalue weighted by atomic mass is 16.5. The number of ether oxygens (including phenoxy) is 2. The molecule has 0 saturated heterocycles. The van der Waals surface area contributed by atoms with Crippen LogP contribution >= 0.6 is 0 Å². The van der Waals surface area contributed by atoms with E-state index >= 15 is 0 Å². The van der Waals surface area contributed by atoms with Gasteiger partial charge in [-0.1, -0.05) is 13.8 Å². The van der Waals surface area contributed by atoms with E-state index in [-0.39, 0.29) is 11.2 Å². The lowest BCUT2D eigenvalue weighted by molar-refractivity contribution is 0.0951. The number of rotatable bonds is 2. The second-order valence-electron chi connectivity index (χ2n) is 5.03. The molecule has 0 atom stereocenters. The molecule has 3 heteroatoms. The fourth-order valence-electron chi connectivity index (χ4n) is 2.53. The van der Waals surface area contributed by atoms with Crippen molar-refractivity contribution in [2.75, 3.05) is 14.2 Å². The highest BCUT2D eigenvalue weighted by molar-refractivity contribution is 6.02. The van der Waals surface area contributed by atoms with Crippen molar-refractivity contribution in [1.29, 1.82) is 0 Å². The van der Waals surface area contributed by atoms with Crippen molar-refractivity contribution in [2.24, 2.45) is 0 Å². The minimum atomic E-state index is -0.0525. The maximum atomic E-state index is 12.1. The second-order valence-corrected chi connectivity index (χ2v) is 5.03. The lowest BCUT2D eigenvalue weighted by Gasteiger charge is -2.33. The molecule has 1 aliphatic rings. The molecular weight excluding hydrogens is 216 g/mol. The minimum Gasteiger partial charge on any atom is -0.496 e. The number of carbonyl (C=O) groups excluding carboxylic acids is 1. The lowest BCUT2D eigenvalue weighted by atomic mass is 9.71. The van der Waals surface area contributed by atoms with E-state index in [1.165, 1.54) is 0 Å². The third-order valence-corrected chi connectivity index (χ3v) is 3.50. The molecule has 0 fully saturated rings. The van der Waals surface area contributed by atoms with Crippen LogP contribution in [-0.2, 0) is 5.41 Å². The average molecular weight is 234 g/mol. The van der Waals surface area contributed by atoms with Gasteiger partial charge in [-0.3, -0.25) is 4.79 Å². The van der Waals surface area contributed by atoms with Crippen molar-refractivity contribution in [3.63, 3.8) is 0 Å². The van der Waals surface area contributed by atoms with Gasteiger partial charge in [-0.25, -0.2) is 0 Å². The van der Waals surface area contributed by atoms with Crippen molar-refractivity contribution >= 4 is 5.78 Å². The van der Waals surface area contributed by atoms with E-state index in [1.807, 2.05) is 6.07 Å². The van der Waals surface area contributed by atoms with E-state index in [0.29, 0.717) is 17.7 Å². The number of methoxy groups -OCH3 is 2. The number of fused-ring (bicyclic) bond motifs is 1. The monoisotopic (exact) mass is 234 g/mol. The predicted molar refractivity (Wildman–Crippen MR) is 66.1 cm³/mol. The van der Waals surface area contributed by atoms with Crippen molar-refractivity contribution in [3.8, 4) is 11.5 Å². The Kier molecular flexibility index (Phi) is 2.86. The van der Waals surface area contributed by atoms with E-state index in [1.54, 1.807) is 20.3 Å². The van der Waals surface area contributed by atoms with Crippen LogP contribution in [0.3, 0.4) is 0 Å². The maximum absolute atomic E-state index is 12.1. The summed E-state index contributed by atoms with van der Waals surface area (Å²) in [5, 5.41) is 0. The van der Waals surface area contributed by atoms with Gasteiger partial charge < -0.3 is 9.47 Å². The number of ketones is 1. The van der Waals surface area contributed by atoms with Gasteiger partial charge in [-0.05, 0) is 24.0 Å². The summed E-state index contributed by atoms with van der Waals surface area (Å²) in [5.41, 5.74) is 1.63. The number of hydrogen-bond donors (Lipinski definition) is 0. The van der Waals surface area contributed by atoms with Crippen LogP contribution in [0.5, 0.6) is 11.5 Å². The van der Waals surface area contributed by atoms with Crippen LogP contribution in [0.15, 0.2) is 12.1 Å². The largest absolute Gasteiger partial charge is 0.496 e. The topological polar surface area (TPSA) is 35.5 Å². The van der Waals surface area contributed by atoms with Gasteiger partial charge in [0.15, 0.2) is 5.78 Å². The van der Waals surface area contributed by atoms with Crippen LogP contribution in [0.25, 0.3) is 0 Å². The molecule has 1 aromatic rings. The molecule has 92 valence electrons. The van der Waals surface area contributed by atoms with Crippen LogP contribution in [-0.4, -0.2) is 20.0 Å². The van der Waals surface area contributed by atoms with Crippen LogP contribution < -0.4 is 9.47 Å². The molecule has 1 aliphatic carbocycles. The average Bonchev–Trinajstić information content (AvgIpc) is 2.32. The summed E-state index contributed by atoms with van der Waals surface area (Å²) < 4.78 is 10.7. The molecular formula is C14H18O3.